The summed E-state index contributed by atoms with van der Waals surface area (Å²) in [6.45, 7) is 0. The van der Waals surface area contributed by atoms with Crippen molar-refractivity contribution in [2.75, 3.05) is 5.73 Å². The summed E-state index contributed by atoms with van der Waals surface area (Å²) in [5, 5.41) is 1.50. The average Bonchev–Trinajstić information content (AvgIpc) is 2.32. The first kappa shape index (κ1) is 12.6. The molecule has 0 spiro atoms. The summed E-state index contributed by atoms with van der Waals surface area (Å²) in [6.07, 6.45) is 0. The quantitative estimate of drug-likeness (QED) is 0.643. The van der Waals surface area contributed by atoms with E-state index in [2.05, 4.69) is 0 Å². The predicted molar refractivity (Wildman–Crippen MR) is 76.9 cm³/mol. The molecular weight excluding hydrogens is 273 g/mol. The van der Waals surface area contributed by atoms with Crippen molar-refractivity contribution in [3.63, 3.8) is 0 Å². The van der Waals surface area contributed by atoms with E-state index in [1.165, 1.54) is 0 Å². The fourth-order valence-corrected chi connectivity index (χ4v) is 2.95. The molecule has 2 aromatic rings. The van der Waals surface area contributed by atoms with Crippen LogP contribution in [0.2, 0.25) is 10.0 Å². The van der Waals surface area contributed by atoms with Crippen molar-refractivity contribution in [3.8, 4) is 0 Å². The Bertz CT molecular complexity index is 529. The fourth-order valence-electron chi connectivity index (χ4n) is 1.40. The highest BCUT2D eigenvalue weighted by Gasteiger charge is 2.04. The second-order valence-electron chi connectivity index (χ2n) is 3.57. The average molecular weight is 284 g/mol. The van der Waals surface area contributed by atoms with Crippen molar-refractivity contribution in [2.45, 2.75) is 10.6 Å². The smallest absolute Gasteiger partial charge is 0.0543 e. The van der Waals surface area contributed by atoms with Crippen LogP contribution in [0, 0.1) is 0 Å². The van der Waals surface area contributed by atoms with Gasteiger partial charge in [-0.2, -0.15) is 0 Å². The molecule has 0 radical (unpaired) electrons. The number of benzene rings is 2. The highest BCUT2D eigenvalue weighted by atomic mass is 35.5. The van der Waals surface area contributed by atoms with Gasteiger partial charge in [0.1, 0.15) is 0 Å². The lowest BCUT2D eigenvalue weighted by atomic mass is 10.2. The van der Waals surface area contributed by atoms with Crippen molar-refractivity contribution >= 4 is 40.7 Å². The number of rotatable bonds is 3. The number of halogens is 2. The zero-order valence-corrected chi connectivity index (χ0v) is 11.3. The lowest BCUT2D eigenvalue weighted by Gasteiger charge is -2.06. The third-order valence-corrected chi connectivity index (χ3v) is 4.21. The second-order valence-corrected chi connectivity index (χ2v) is 5.40. The molecule has 2 rings (SSSR count). The largest absolute Gasteiger partial charge is 0.399 e. The Morgan fingerprint density at radius 1 is 1.00 bits per heavy atom. The number of nitrogens with two attached hydrogens (primary N) is 1. The van der Waals surface area contributed by atoms with E-state index in [1.54, 1.807) is 17.8 Å². The first-order valence-electron chi connectivity index (χ1n) is 5.08. The zero-order chi connectivity index (χ0) is 12.3. The van der Waals surface area contributed by atoms with Crippen LogP contribution in [-0.4, -0.2) is 0 Å². The number of nitrogen functional groups attached to an aromatic ring is 1. The van der Waals surface area contributed by atoms with Gasteiger partial charge in [-0.1, -0.05) is 41.4 Å². The van der Waals surface area contributed by atoms with Crippen molar-refractivity contribution in [2.24, 2.45) is 0 Å². The maximum absolute atomic E-state index is 6.09. The van der Waals surface area contributed by atoms with E-state index in [-0.39, 0.29) is 0 Å². The van der Waals surface area contributed by atoms with E-state index in [9.17, 15) is 0 Å². The predicted octanol–water partition coefficient (Wildman–Crippen LogP) is 4.87. The molecule has 2 N–H and O–H groups in total. The maximum Gasteiger partial charge on any atom is 0.0543 e. The summed E-state index contributed by atoms with van der Waals surface area (Å²) in [4.78, 5) is 0.978. The van der Waals surface area contributed by atoms with Gasteiger partial charge >= 0.3 is 0 Å². The Hall–Kier alpha value is -0.830. The van der Waals surface area contributed by atoms with Crippen LogP contribution < -0.4 is 5.73 Å². The molecule has 2 aromatic carbocycles. The fraction of sp³-hybridized carbons (Fsp3) is 0.0769. The molecule has 0 fully saturated rings. The SMILES string of the molecule is Nc1ccc(Cl)c(SCc2ccccc2Cl)c1. The van der Waals surface area contributed by atoms with E-state index in [1.807, 2.05) is 36.4 Å². The van der Waals surface area contributed by atoms with Gasteiger partial charge in [0.15, 0.2) is 0 Å². The molecule has 0 bridgehead atoms. The number of thioether (sulfide) groups is 1. The third kappa shape index (κ3) is 3.32. The number of hydrogen-bond acceptors (Lipinski definition) is 2. The van der Waals surface area contributed by atoms with Gasteiger partial charge in [-0.25, -0.2) is 0 Å². The van der Waals surface area contributed by atoms with E-state index in [4.69, 9.17) is 28.9 Å². The van der Waals surface area contributed by atoms with Crippen molar-refractivity contribution in [3.05, 3.63) is 58.1 Å². The van der Waals surface area contributed by atoms with Crippen molar-refractivity contribution < 1.29 is 0 Å². The molecule has 88 valence electrons. The molecule has 0 aliphatic rings. The molecule has 0 saturated carbocycles. The standard InChI is InChI=1S/C13H11Cl2NS/c14-11-4-2-1-3-9(11)8-17-13-7-10(16)5-6-12(13)15/h1-7H,8,16H2. The van der Waals surface area contributed by atoms with Crippen LogP contribution in [0.4, 0.5) is 5.69 Å². The number of anilines is 1. The molecule has 1 nitrogen and oxygen atoms in total. The Morgan fingerprint density at radius 3 is 2.53 bits per heavy atom. The normalized spacial score (nSPS) is 10.5. The maximum atomic E-state index is 6.09. The third-order valence-electron chi connectivity index (χ3n) is 2.30. The summed E-state index contributed by atoms with van der Waals surface area (Å²) in [6, 6.07) is 13.3. The molecule has 0 saturated heterocycles. The van der Waals surface area contributed by atoms with Crippen LogP contribution in [0.1, 0.15) is 5.56 Å². The highest BCUT2D eigenvalue weighted by Crippen LogP contribution is 2.32. The van der Waals surface area contributed by atoms with E-state index >= 15 is 0 Å². The van der Waals surface area contributed by atoms with Crippen LogP contribution in [-0.2, 0) is 5.75 Å². The van der Waals surface area contributed by atoms with E-state index < -0.39 is 0 Å². The van der Waals surface area contributed by atoms with Crippen molar-refractivity contribution in [1.82, 2.24) is 0 Å². The second kappa shape index (κ2) is 5.67. The van der Waals surface area contributed by atoms with Crippen LogP contribution >= 0.6 is 35.0 Å². The van der Waals surface area contributed by atoms with E-state index in [0.717, 1.165) is 31.9 Å². The first-order chi connectivity index (χ1) is 8.16. The molecule has 0 amide bonds. The van der Waals surface area contributed by atoms with Gasteiger partial charge in [-0.3, -0.25) is 0 Å². The molecule has 17 heavy (non-hydrogen) atoms. The monoisotopic (exact) mass is 283 g/mol. The summed E-state index contributed by atoms with van der Waals surface area (Å²) in [5.41, 5.74) is 7.54. The summed E-state index contributed by atoms with van der Waals surface area (Å²) in [7, 11) is 0. The van der Waals surface area contributed by atoms with Gasteiger partial charge in [-0.15, -0.1) is 11.8 Å². The van der Waals surface area contributed by atoms with Crippen LogP contribution in [0.5, 0.6) is 0 Å². The molecule has 0 aromatic heterocycles. The van der Waals surface area contributed by atoms with Gasteiger partial charge < -0.3 is 5.73 Å². The molecule has 0 atom stereocenters. The topological polar surface area (TPSA) is 26.0 Å². The Kier molecular flexibility index (Phi) is 4.21. The summed E-state index contributed by atoms with van der Waals surface area (Å²) in [5.74, 6) is 0.781. The number of hydrogen-bond donors (Lipinski definition) is 1. The molecule has 0 heterocycles. The minimum Gasteiger partial charge on any atom is -0.399 e. The van der Waals surface area contributed by atoms with Crippen LogP contribution in [0.15, 0.2) is 47.4 Å². The molecule has 0 aliphatic heterocycles. The van der Waals surface area contributed by atoms with Gasteiger partial charge in [-0.05, 0) is 29.8 Å². The van der Waals surface area contributed by atoms with Gasteiger partial charge in [0, 0.05) is 21.4 Å². The Balaban J connectivity index is 2.12. The molecule has 4 heteroatoms. The summed E-state index contributed by atoms with van der Waals surface area (Å²) >= 11 is 13.8. The van der Waals surface area contributed by atoms with Crippen molar-refractivity contribution in [1.29, 1.82) is 0 Å². The minimum absolute atomic E-state index is 0.719. The zero-order valence-electron chi connectivity index (χ0n) is 8.99. The first-order valence-corrected chi connectivity index (χ1v) is 6.82. The molecular formula is C13H11Cl2NS. The van der Waals surface area contributed by atoms with Gasteiger partial charge in [0.05, 0.1) is 5.02 Å². The highest BCUT2D eigenvalue weighted by molar-refractivity contribution is 7.98. The van der Waals surface area contributed by atoms with Gasteiger partial charge in [0.2, 0.25) is 0 Å². The Morgan fingerprint density at radius 2 is 1.76 bits per heavy atom. The molecule has 0 aliphatic carbocycles. The Labute approximate surface area is 115 Å². The lowest BCUT2D eigenvalue weighted by Crippen LogP contribution is -1.86. The summed E-state index contributed by atoms with van der Waals surface area (Å²) < 4.78 is 0. The molecule has 0 unspecified atom stereocenters. The van der Waals surface area contributed by atoms with Crippen LogP contribution in [0.25, 0.3) is 0 Å². The van der Waals surface area contributed by atoms with E-state index in [0.29, 0.717) is 0 Å². The lowest BCUT2D eigenvalue weighted by molar-refractivity contribution is 1.38. The van der Waals surface area contributed by atoms with Gasteiger partial charge in [0.25, 0.3) is 0 Å². The minimum atomic E-state index is 0.719. The van der Waals surface area contributed by atoms with Crippen LogP contribution in [0.3, 0.4) is 0 Å².